The van der Waals surface area contributed by atoms with Crippen molar-refractivity contribution in [3.8, 4) is 28.5 Å². The second-order valence-corrected chi connectivity index (χ2v) is 19.9. The lowest BCUT2D eigenvalue weighted by atomic mass is 9.35. The fourth-order valence-corrected chi connectivity index (χ4v) is 12.8. The molecule has 4 saturated heterocycles. The van der Waals surface area contributed by atoms with Gasteiger partial charge in [0.15, 0.2) is 11.6 Å². The van der Waals surface area contributed by atoms with Gasteiger partial charge in [-0.3, -0.25) is 14.9 Å². The first-order valence-electron chi connectivity index (χ1n) is 23.7. The maximum absolute atomic E-state index is 15.4. The number of nitrogens with one attached hydrogen (secondary N) is 1. The van der Waals surface area contributed by atoms with Crippen LogP contribution in [0.25, 0.3) is 11.3 Å². The molecule has 2 aliphatic carbocycles. The largest absolute Gasteiger partial charge is 0.507 e. The Hall–Kier alpha value is -6.32. The molecular formula is C50H58FN9O6. The number of nitrogen functional groups attached to an aromatic ring is 1. The van der Waals surface area contributed by atoms with E-state index in [-0.39, 0.29) is 47.0 Å². The van der Waals surface area contributed by atoms with Gasteiger partial charge >= 0.3 is 6.03 Å². The molecule has 5 atom stereocenters. The summed E-state index contributed by atoms with van der Waals surface area (Å²) in [6.07, 6.45) is 5.53. The van der Waals surface area contributed by atoms with Gasteiger partial charge in [-0.1, -0.05) is 18.2 Å². The quantitative estimate of drug-likeness (QED) is 0.178. The van der Waals surface area contributed by atoms with Gasteiger partial charge < -0.3 is 44.8 Å². The summed E-state index contributed by atoms with van der Waals surface area (Å²) in [4.78, 5) is 49.4. The van der Waals surface area contributed by atoms with E-state index in [0.29, 0.717) is 92.5 Å². The number of para-hydroxylation sites is 2. The molecule has 5 aliphatic heterocycles. The lowest BCUT2D eigenvalue weighted by Crippen LogP contribution is -2.71. The van der Waals surface area contributed by atoms with Gasteiger partial charge in [0.25, 0.3) is 5.91 Å². The highest BCUT2D eigenvalue weighted by atomic mass is 19.1. The van der Waals surface area contributed by atoms with Crippen LogP contribution in [0.2, 0.25) is 0 Å². The molecule has 6 heterocycles. The van der Waals surface area contributed by atoms with E-state index >= 15 is 4.39 Å². The summed E-state index contributed by atoms with van der Waals surface area (Å²) >= 11 is 0. The van der Waals surface area contributed by atoms with E-state index in [1.807, 2.05) is 54.1 Å². The number of phenolic OH excluding ortho intramolecular Hbond substituents is 1. The summed E-state index contributed by atoms with van der Waals surface area (Å²) in [7, 11) is 1.91. The average Bonchev–Trinajstić information content (AvgIpc) is 3.30. The van der Waals surface area contributed by atoms with E-state index in [1.54, 1.807) is 18.2 Å². The number of piperidine rings is 4. The summed E-state index contributed by atoms with van der Waals surface area (Å²) in [6, 6.07) is 20.5. The van der Waals surface area contributed by atoms with E-state index in [0.717, 1.165) is 80.2 Å². The third-order valence-corrected chi connectivity index (χ3v) is 16.3. The Kier molecular flexibility index (Phi) is 10.4. The molecule has 15 nitrogen and oxygen atoms in total. The number of urea groups is 1. The number of aromatic nitrogens is 2. The SMILES string of the molecule is CN(C(=O)N1CCC(Oc2cc(F)cc(C34C[C@H]5CN(c6cc(-c7ccccc7O)nnc6N)C[C@@H](C3)C54)c2)CC1)C1CCN(c2cccc3c2OCCN3[C@@]2(C)CCC(=O)NC2=O)CC1. The number of anilines is 4. The van der Waals surface area contributed by atoms with Gasteiger partial charge in [-0.15, -0.1) is 10.2 Å². The Labute approximate surface area is 384 Å². The number of nitrogens with two attached hydrogens (primary N) is 1. The lowest BCUT2D eigenvalue weighted by molar-refractivity contribution is -0.137. The molecular weight excluding hydrogens is 842 g/mol. The number of benzene rings is 3. The molecule has 4 amide bonds. The number of carbonyl (C=O) groups is 3. The van der Waals surface area contributed by atoms with E-state index in [4.69, 9.17) is 15.2 Å². The van der Waals surface area contributed by atoms with Crippen molar-refractivity contribution in [2.24, 2.45) is 17.8 Å². The van der Waals surface area contributed by atoms with Crippen molar-refractivity contribution in [2.45, 2.75) is 81.4 Å². The van der Waals surface area contributed by atoms with Crippen LogP contribution in [0.15, 0.2) is 66.7 Å². The van der Waals surface area contributed by atoms with Crippen LogP contribution in [0.3, 0.4) is 0 Å². The Morgan fingerprint density at radius 2 is 1.65 bits per heavy atom. The fourth-order valence-electron chi connectivity index (χ4n) is 12.8. The number of hydrogen-bond acceptors (Lipinski definition) is 12. The molecule has 66 heavy (non-hydrogen) atoms. The van der Waals surface area contributed by atoms with Gasteiger partial charge in [0.2, 0.25) is 5.91 Å². The molecule has 7 aliphatic rings. The number of aromatic hydroxyl groups is 1. The molecule has 0 radical (unpaired) electrons. The van der Waals surface area contributed by atoms with Gasteiger partial charge in [0.1, 0.15) is 35.6 Å². The lowest BCUT2D eigenvalue weighted by Gasteiger charge is -2.71. The van der Waals surface area contributed by atoms with Crippen molar-refractivity contribution < 1.29 is 33.4 Å². The predicted octanol–water partition coefficient (Wildman–Crippen LogP) is 5.94. The van der Waals surface area contributed by atoms with Crippen molar-refractivity contribution in [2.75, 3.05) is 79.9 Å². The zero-order valence-corrected chi connectivity index (χ0v) is 37.6. The van der Waals surface area contributed by atoms with Crippen LogP contribution >= 0.6 is 0 Å². The van der Waals surface area contributed by atoms with Gasteiger partial charge in [-0.2, -0.15) is 0 Å². The standard InChI is InChI=1S/C50H58FN9O6/c1-49(15-10-43(62)53-47(49)63)60-20-21-65-45-39(7-5-8-40(45)60)57-16-11-34(12-17-57)56(2)48(64)58-18-13-35(14-19-58)66-36-23-32(22-33(51)24-36)50-26-30-28-59(29-31(27-50)44(30)50)41-25-38(54-55-46(41)52)37-6-3-4-9-42(37)61/h3-9,22-25,30-31,34-35,44,61H,10-21,26-29H2,1-2H3,(H2,52,55)(H,53,62,63)/t30-,31+,44?,49-,50?/m0/s1. The maximum atomic E-state index is 15.4. The molecule has 16 heteroatoms. The zero-order valence-electron chi connectivity index (χ0n) is 37.6. The third kappa shape index (κ3) is 7.09. The zero-order chi connectivity index (χ0) is 45.5. The first-order valence-corrected chi connectivity index (χ1v) is 23.7. The minimum Gasteiger partial charge on any atom is -0.507 e. The number of amides is 4. The molecule has 2 unspecified atom stereocenters. The fraction of sp³-hybridized carbons (Fsp3) is 0.500. The molecule has 2 saturated carbocycles. The normalized spacial score (nSPS) is 27.5. The predicted molar refractivity (Wildman–Crippen MR) is 247 cm³/mol. The van der Waals surface area contributed by atoms with Gasteiger partial charge in [0, 0.05) is 83.3 Å². The van der Waals surface area contributed by atoms with Crippen LogP contribution in [0.1, 0.15) is 63.9 Å². The van der Waals surface area contributed by atoms with E-state index in [9.17, 15) is 19.5 Å². The number of nitrogens with zero attached hydrogens (tertiary/aromatic N) is 7. The third-order valence-electron chi connectivity index (χ3n) is 16.3. The minimum atomic E-state index is -0.842. The molecule has 4 aromatic rings. The number of phenols is 1. The number of hydrogen-bond donors (Lipinski definition) is 3. The van der Waals surface area contributed by atoms with Crippen LogP contribution in [-0.2, 0) is 15.0 Å². The van der Waals surface area contributed by atoms with E-state index in [2.05, 4.69) is 42.3 Å². The minimum absolute atomic E-state index is 0.0246. The molecule has 1 aromatic heterocycles. The first kappa shape index (κ1) is 42.3. The van der Waals surface area contributed by atoms with Crippen LogP contribution < -0.4 is 35.2 Å². The van der Waals surface area contributed by atoms with Crippen molar-refractivity contribution >= 4 is 40.7 Å². The molecule has 3 aromatic carbocycles. The molecule has 11 rings (SSSR count). The van der Waals surface area contributed by atoms with Crippen molar-refractivity contribution in [1.29, 1.82) is 0 Å². The maximum Gasteiger partial charge on any atom is 0.319 e. The van der Waals surface area contributed by atoms with Crippen LogP contribution in [-0.4, -0.2) is 120 Å². The van der Waals surface area contributed by atoms with E-state index < -0.39 is 5.54 Å². The summed E-state index contributed by atoms with van der Waals surface area (Å²) in [5, 5.41) is 21.5. The van der Waals surface area contributed by atoms with Crippen molar-refractivity contribution in [3.63, 3.8) is 0 Å². The highest BCUT2D eigenvalue weighted by Crippen LogP contribution is 2.70. The Bertz CT molecular complexity index is 2560. The Balaban J connectivity index is 0.676. The Morgan fingerprint density at radius 3 is 2.39 bits per heavy atom. The van der Waals surface area contributed by atoms with Gasteiger partial charge in [-0.25, -0.2) is 9.18 Å². The highest BCUT2D eigenvalue weighted by Gasteiger charge is 2.67. The van der Waals surface area contributed by atoms with Crippen LogP contribution in [0.4, 0.5) is 32.1 Å². The second-order valence-electron chi connectivity index (χ2n) is 19.9. The van der Waals surface area contributed by atoms with Gasteiger partial charge in [-0.05, 0) is 110 Å². The summed E-state index contributed by atoms with van der Waals surface area (Å²) in [5.74, 6) is 2.42. The number of ether oxygens (including phenoxy) is 2. The molecule has 0 bridgehead atoms. The molecule has 4 N–H and O–H groups in total. The number of fused-ring (bicyclic) bond motifs is 1. The number of halogens is 1. The number of imide groups is 1. The smallest absolute Gasteiger partial charge is 0.319 e. The molecule has 0 spiro atoms. The van der Waals surface area contributed by atoms with Crippen LogP contribution in [0, 0.1) is 23.6 Å². The topological polar surface area (TPSA) is 170 Å². The number of carbonyl (C=O) groups excluding carboxylic acids is 3. The number of rotatable bonds is 8. The molecule has 346 valence electrons. The number of likely N-dealkylation sites (tertiary alicyclic amines) is 1. The Morgan fingerprint density at radius 1 is 0.909 bits per heavy atom. The summed E-state index contributed by atoms with van der Waals surface area (Å²) in [6.45, 7) is 7.21. The van der Waals surface area contributed by atoms with Crippen molar-refractivity contribution in [1.82, 2.24) is 25.3 Å². The summed E-state index contributed by atoms with van der Waals surface area (Å²) in [5.41, 5.74) is 10.4. The van der Waals surface area contributed by atoms with Crippen LogP contribution in [0.5, 0.6) is 17.2 Å². The monoisotopic (exact) mass is 899 g/mol. The van der Waals surface area contributed by atoms with Crippen molar-refractivity contribution in [3.05, 3.63) is 78.1 Å². The van der Waals surface area contributed by atoms with Gasteiger partial charge in [0.05, 0.1) is 29.3 Å². The average molecular weight is 900 g/mol. The highest BCUT2D eigenvalue weighted by molar-refractivity contribution is 6.04. The molecule has 6 fully saturated rings. The van der Waals surface area contributed by atoms with E-state index in [1.165, 1.54) is 6.07 Å². The first-order chi connectivity index (χ1) is 31.9. The second kappa shape index (κ2) is 16.2. The summed E-state index contributed by atoms with van der Waals surface area (Å²) < 4.78 is 28.1.